The molecule has 3 rings (SSSR count). The third-order valence-electron chi connectivity index (χ3n) is 6.06. The van der Waals surface area contributed by atoms with Gasteiger partial charge in [-0.05, 0) is 67.8 Å². The number of hydrogen-bond acceptors (Lipinski definition) is 4. The molecular formula is C28H32ClN3O4S. The Morgan fingerprint density at radius 2 is 1.54 bits per heavy atom. The van der Waals surface area contributed by atoms with Crippen molar-refractivity contribution in [3.8, 4) is 0 Å². The number of nitrogens with one attached hydrogen (secondary N) is 1. The number of sulfonamides is 1. The monoisotopic (exact) mass is 541 g/mol. The number of anilines is 1. The van der Waals surface area contributed by atoms with E-state index in [9.17, 15) is 18.0 Å². The lowest BCUT2D eigenvalue weighted by Crippen LogP contribution is -2.52. The summed E-state index contributed by atoms with van der Waals surface area (Å²) in [4.78, 5) is 28.4. The average molecular weight is 542 g/mol. The summed E-state index contributed by atoms with van der Waals surface area (Å²) in [5, 5.41) is 3.24. The largest absolute Gasteiger partial charge is 0.355 e. The van der Waals surface area contributed by atoms with Gasteiger partial charge in [-0.25, -0.2) is 8.42 Å². The minimum absolute atomic E-state index is 0.0546. The van der Waals surface area contributed by atoms with Crippen LogP contribution in [0.1, 0.15) is 31.4 Å². The van der Waals surface area contributed by atoms with Crippen LogP contribution in [0.5, 0.6) is 0 Å². The first-order valence-corrected chi connectivity index (χ1v) is 14.0. The maximum atomic E-state index is 13.9. The highest BCUT2D eigenvalue weighted by atomic mass is 35.5. The summed E-state index contributed by atoms with van der Waals surface area (Å²) in [6.45, 7) is 5.68. The van der Waals surface area contributed by atoms with Gasteiger partial charge in [-0.15, -0.1) is 0 Å². The van der Waals surface area contributed by atoms with E-state index < -0.39 is 28.5 Å². The van der Waals surface area contributed by atoms with Gasteiger partial charge in [0, 0.05) is 18.1 Å². The molecule has 0 unspecified atom stereocenters. The maximum Gasteiger partial charge on any atom is 0.264 e. The van der Waals surface area contributed by atoms with Crippen LogP contribution in [-0.4, -0.2) is 44.3 Å². The minimum Gasteiger partial charge on any atom is -0.355 e. The second-order valence-electron chi connectivity index (χ2n) is 8.57. The molecule has 0 aliphatic rings. The molecule has 3 aromatic carbocycles. The second-order valence-corrected chi connectivity index (χ2v) is 10.9. The highest BCUT2D eigenvalue weighted by molar-refractivity contribution is 7.92. The summed E-state index contributed by atoms with van der Waals surface area (Å²) in [5.41, 5.74) is 2.14. The number of nitrogens with zero attached hydrogens (tertiary/aromatic N) is 2. The van der Waals surface area contributed by atoms with Crippen LogP contribution in [0.3, 0.4) is 0 Å². The van der Waals surface area contributed by atoms with E-state index in [1.165, 1.54) is 17.0 Å². The van der Waals surface area contributed by atoms with Gasteiger partial charge in [0.25, 0.3) is 10.0 Å². The first-order valence-electron chi connectivity index (χ1n) is 12.1. The standard InChI is InChI=1S/C28H32ClN3O4S/c1-4-26(28(34)30-5-2)31(19-22-12-10-9-11-21(22)3)27(33)20-32(24-17-15-23(29)16-18-24)37(35,36)25-13-7-6-8-14-25/h6-18,26H,4-5,19-20H2,1-3H3,(H,30,34)/t26-/m0/s1. The molecule has 0 aliphatic heterocycles. The van der Waals surface area contributed by atoms with E-state index in [1.807, 2.05) is 45.0 Å². The van der Waals surface area contributed by atoms with E-state index >= 15 is 0 Å². The van der Waals surface area contributed by atoms with E-state index in [0.717, 1.165) is 15.4 Å². The van der Waals surface area contributed by atoms with Gasteiger partial charge in [0.2, 0.25) is 11.8 Å². The zero-order chi connectivity index (χ0) is 27.0. The highest BCUT2D eigenvalue weighted by Gasteiger charge is 2.33. The van der Waals surface area contributed by atoms with Gasteiger partial charge < -0.3 is 10.2 Å². The predicted molar refractivity (Wildman–Crippen MR) is 147 cm³/mol. The van der Waals surface area contributed by atoms with Gasteiger partial charge in [-0.3, -0.25) is 13.9 Å². The van der Waals surface area contributed by atoms with Crippen LogP contribution in [-0.2, 0) is 26.2 Å². The van der Waals surface area contributed by atoms with E-state index in [2.05, 4.69) is 5.32 Å². The van der Waals surface area contributed by atoms with Gasteiger partial charge >= 0.3 is 0 Å². The molecule has 0 aliphatic carbocycles. The van der Waals surface area contributed by atoms with Crippen LogP contribution in [0.2, 0.25) is 5.02 Å². The van der Waals surface area contributed by atoms with Crippen molar-refractivity contribution < 1.29 is 18.0 Å². The molecule has 1 N–H and O–H groups in total. The number of likely N-dealkylation sites (N-methyl/N-ethyl adjacent to an activating group) is 1. The third-order valence-corrected chi connectivity index (χ3v) is 8.10. The Morgan fingerprint density at radius 3 is 2.14 bits per heavy atom. The van der Waals surface area contributed by atoms with Crippen molar-refractivity contribution in [2.45, 2.75) is 44.7 Å². The Hall–Kier alpha value is -3.36. The zero-order valence-electron chi connectivity index (χ0n) is 21.2. The minimum atomic E-state index is -4.10. The number of rotatable bonds is 11. The molecule has 1 atom stereocenters. The number of benzene rings is 3. The first kappa shape index (κ1) is 28.2. The van der Waals surface area contributed by atoms with Gasteiger partial charge in [-0.2, -0.15) is 0 Å². The predicted octanol–water partition coefficient (Wildman–Crippen LogP) is 4.79. The van der Waals surface area contributed by atoms with Crippen LogP contribution in [0.4, 0.5) is 5.69 Å². The fraction of sp³-hybridized carbons (Fsp3) is 0.286. The molecule has 0 heterocycles. The van der Waals surface area contributed by atoms with Crippen molar-refractivity contribution in [2.75, 3.05) is 17.4 Å². The average Bonchev–Trinajstić information content (AvgIpc) is 2.89. The fourth-order valence-electron chi connectivity index (χ4n) is 4.04. The van der Waals surface area contributed by atoms with E-state index in [-0.39, 0.29) is 17.3 Å². The van der Waals surface area contributed by atoms with Crippen molar-refractivity contribution in [3.05, 3.63) is 95.0 Å². The van der Waals surface area contributed by atoms with Crippen LogP contribution in [0, 0.1) is 6.92 Å². The topological polar surface area (TPSA) is 86.8 Å². The summed E-state index contributed by atoms with van der Waals surface area (Å²) in [6, 6.07) is 21.1. The summed E-state index contributed by atoms with van der Waals surface area (Å²) in [7, 11) is -4.10. The van der Waals surface area contributed by atoms with E-state index in [4.69, 9.17) is 11.6 Å². The third kappa shape index (κ3) is 6.90. The lowest BCUT2D eigenvalue weighted by molar-refractivity contribution is -0.140. The van der Waals surface area contributed by atoms with Gasteiger partial charge in [-0.1, -0.05) is 61.0 Å². The molecule has 0 radical (unpaired) electrons. The fourth-order valence-corrected chi connectivity index (χ4v) is 5.60. The van der Waals surface area contributed by atoms with Crippen LogP contribution in [0.25, 0.3) is 0 Å². The van der Waals surface area contributed by atoms with E-state index in [1.54, 1.807) is 42.5 Å². The number of amides is 2. The molecule has 37 heavy (non-hydrogen) atoms. The maximum absolute atomic E-state index is 13.9. The molecule has 0 aromatic heterocycles. The summed E-state index contributed by atoms with van der Waals surface area (Å²) >= 11 is 6.05. The summed E-state index contributed by atoms with van der Waals surface area (Å²) < 4.78 is 28.5. The summed E-state index contributed by atoms with van der Waals surface area (Å²) in [6.07, 6.45) is 0.371. The SMILES string of the molecule is CCNC(=O)[C@H](CC)N(Cc1ccccc1C)C(=O)CN(c1ccc(Cl)cc1)S(=O)(=O)c1ccccc1. The molecule has 0 fully saturated rings. The first-order chi connectivity index (χ1) is 17.7. The number of carbonyl (C=O) groups is 2. The van der Waals surface area contributed by atoms with Crippen LogP contribution >= 0.6 is 11.6 Å². The molecule has 3 aromatic rings. The Morgan fingerprint density at radius 1 is 0.919 bits per heavy atom. The number of hydrogen-bond donors (Lipinski definition) is 1. The van der Waals surface area contributed by atoms with E-state index in [0.29, 0.717) is 23.7 Å². The Labute approximate surface area is 224 Å². The number of aryl methyl sites for hydroxylation is 1. The molecule has 196 valence electrons. The molecule has 7 nitrogen and oxygen atoms in total. The molecule has 0 saturated carbocycles. The van der Waals surface area contributed by atoms with Crippen molar-refractivity contribution >= 4 is 39.1 Å². The van der Waals surface area contributed by atoms with Crippen LogP contribution < -0.4 is 9.62 Å². The van der Waals surface area contributed by atoms with Crippen molar-refractivity contribution in [2.24, 2.45) is 0 Å². The lowest BCUT2D eigenvalue weighted by atomic mass is 10.1. The molecule has 0 spiro atoms. The Bertz CT molecular complexity index is 1310. The Balaban J connectivity index is 2.05. The quantitative estimate of drug-likeness (QED) is 0.378. The van der Waals surface area contributed by atoms with Crippen molar-refractivity contribution in [3.63, 3.8) is 0 Å². The van der Waals surface area contributed by atoms with Gasteiger partial charge in [0.05, 0.1) is 10.6 Å². The van der Waals surface area contributed by atoms with Gasteiger partial charge in [0.1, 0.15) is 12.6 Å². The Kier molecular flexibility index (Phi) is 9.72. The van der Waals surface area contributed by atoms with Gasteiger partial charge in [0.15, 0.2) is 0 Å². The van der Waals surface area contributed by atoms with Crippen LogP contribution in [0.15, 0.2) is 83.8 Å². The van der Waals surface area contributed by atoms with Crippen molar-refractivity contribution in [1.82, 2.24) is 10.2 Å². The number of carbonyl (C=O) groups excluding carboxylic acids is 2. The highest BCUT2D eigenvalue weighted by Crippen LogP contribution is 2.26. The van der Waals surface area contributed by atoms with Crippen molar-refractivity contribution in [1.29, 1.82) is 0 Å². The molecule has 2 amide bonds. The molecule has 0 bridgehead atoms. The zero-order valence-corrected chi connectivity index (χ0v) is 22.8. The smallest absolute Gasteiger partial charge is 0.264 e. The summed E-state index contributed by atoms with van der Waals surface area (Å²) in [5.74, 6) is -0.772. The number of halogens is 1. The molecule has 0 saturated heterocycles. The molecule has 9 heteroatoms. The second kappa shape index (κ2) is 12.7. The lowest BCUT2D eigenvalue weighted by Gasteiger charge is -2.33. The molecular weight excluding hydrogens is 510 g/mol. The normalized spacial score (nSPS) is 12.0.